The van der Waals surface area contributed by atoms with E-state index in [0.29, 0.717) is 0 Å². The van der Waals surface area contributed by atoms with E-state index in [0.717, 1.165) is 27.7 Å². The largest absolute Gasteiger partial charge is 0.369 e. The Kier molecular flexibility index (Phi) is 3.03. The molecule has 2 aromatic carbocycles. The number of hydrogen-bond acceptors (Lipinski definition) is 1. The molecule has 1 amide bonds. The van der Waals surface area contributed by atoms with Crippen LogP contribution in [0.3, 0.4) is 0 Å². The molecular formula is C17H16N2O. The number of primary amides is 1. The Balaban J connectivity index is 2.28. The zero-order chi connectivity index (χ0) is 14.1. The summed E-state index contributed by atoms with van der Waals surface area (Å²) in [5.41, 5.74) is 10.6. The first-order valence-electron chi connectivity index (χ1n) is 6.60. The van der Waals surface area contributed by atoms with Gasteiger partial charge in [-0.2, -0.15) is 0 Å². The van der Waals surface area contributed by atoms with Crippen LogP contribution in [0.15, 0.2) is 48.5 Å². The van der Waals surface area contributed by atoms with Gasteiger partial charge in [0.2, 0.25) is 5.91 Å². The van der Waals surface area contributed by atoms with Crippen LogP contribution in [0.1, 0.15) is 11.1 Å². The number of rotatable bonds is 3. The van der Waals surface area contributed by atoms with E-state index in [-0.39, 0.29) is 12.3 Å². The number of aromatic nitrogens is 1. The lowest BCUT2D eigenvalue weighted by molar-refractivity contribution is -0.117. The summed E-state index contributed by atoms with van der Waals surface area (Å²) in [6.45, 7) is 2.04. The number of carbonyl (C=O) groups is 1. The highest BCUT2D eigenvalue weighted by Crippen LogP contribution is 2.31. The van der Waals surface area contributed by atoms with Gasteiger partial charge in [-0.15, -0.1) is 0 Å². The van der Waals surface area contributed by atoms with E-state index >= 15 is 0 Å². The summed E-state index contributed by atoms with van der Waals surface area (Å²) in [5, 5.41) is 1.07. The monoisotopic (exact) mass is 264 g/mol. The highest BCUT2D eigenvalue weighted by atomic mass is 16.1. The molecule has 3 nitrogen and oxygen atoms in total. The van der Waals surface area contributed by atoms with Crippen LogP contribution < -0.4 is 5.73 Å². The van der Waals surface area contributed by atoms with Gasteiger partial charge in [-0.1, -0.05) is 42.0 Å². The van der Waals surface area contributed by atoms with Crippen LogP contribution in [-0.4, -0.2) is 10.9 Å². The molecule has 0 fully saturated rings. The number of amides is 1. The standard InChI is InChI=1S/C17H16N2O/c1-11-7-8-15-13(9-11)14(10-16(18)20)17(19-15)12-5-3-2-4-6-12/h2-9,19H,10H2,1H3,(H2,18,20). The Labute approximate surface area is 117 Å². The van der Waals surface area contributed by atoms with E-state index in [1.165, 1.54) is 5.56 Å². The second-order valence-corrected chi connectivity index (χ2v) is 5.04. The van der Waals surface area contributed by atoms with Gasteiger partial charge in [0.05, 0.1) is 12.1 Å². The third kappa shape index (κ3) is 2.18. The minimum atomic E-state index is -0.315. The van der Waals surface area contributed by atoms with Gasteiger partial charge < -0.3 is 10.7 Å². The van der Waals surface area contributed by atoms with Crippen molar-refractivity contribution in [2.45, 2.75) is 13.3 Å². The Morgan fingerprint density at radius 2 is 1.90 bits per heavy atom. The third-order valence-electron chi connectivity index (χ3n) is 3.48. The Bertz CT molecular complexity index is 772. The van der Waals surface area contributed by atoms with Crippen molar-refractivity contribution in [2.24, 2.45) is 5.73 Å². The molecule has 0 saturated heterocycles. The minimum absolute atomic E-state index is 0.244. The number of aromatic amines is 1. The molecular weight excluding hydrogens is 248 g/mol. The molecule has 20 heavy (non-hydrogen) atoms. The normalized spacial score (nSPS) is 10.8. The predicted octanol–water partition coefficient (Wildman–Crippen LogP) is 3.17. The molecule has 0 atom stereocenters. The molecule has 100 valence electrons. The molecule has 1 heterocycles. The Hall–Kier alpha value is -2.55. The van der Waals surface area contributed by atoms with E-state index in [1.807, 2.05) is 43.3 Å². The maximum atomic E-state index is 11.4. The fourth-order valence-corrected chi connectivity index (χ4v) is 2.57. The first kappa shape index (κ1) is 12.5. The van der Waals surface area contributed by atoms with Crippen molar-refractivity contribution in [3.63, 3.8) is 0 Å². The quantitative estimate of drug-likeness (QED) is 0.750. The van der Waals surface area contributed by atoms with Gasteiger partial charge in [-0.3, -0.25) is 4.79 Å². The predicted molar refractivity (Wildman–Crippen MR) is 81.4 cm³/mol. The van der Waals surface area contributed by atoms with Gasteiger partial charge in [0, 0.05) is 10.9 Å². The number of carbonyl (C=O) groups excluding carboxylic acids is 1. The van der Waals surface area contributed by atoms with Gasteiger partial charge in [0.25, 0.3) is 0 Å². The summed E-state index contributed by atoms with van der Waals surface area (Å²) in [6.07, 6.45) is 0.244. The number of hydrogen-bond donors (Lipinski definition) is 2. The lowest BCUT2D eigenvalue weighted by Gasteiger charge is -2.03. The molecule has 0 spiro atoms. The molecule has 0 bridgehead atoms. The van der Waals surface area contributed by atoms with Crippen LogP contribution in [0.5, 0.6) is 0 Å². The number of H-pyrrole nitrogens is 1. The highest BCUT2D eigenvalue weighted by Gasteiger charge is 2.14. The lowest BCUT2D eigenvalue weighted by Crippen LogP contribution is -2.13. The van der Waals surface area contributed by atoms with Crippen molar-refractivity contribution in [3.05, 3.63) is 59.7 Å². The first-order chi connectivity index (χ1) is 9.65. The average molecular weight is 264 g/mol. The maximum Gasteiger partial charge on any atom is 0.221 e. The lowest BCUT2D eigenvalue weighted by atomic mass is 10.0. The van der Waals surface area contributed by atoms with Crippen LogP contribution in [0, 0.1) is 6.92 Å². The maximum absolute atomic E-state index is 11.4. The van der Waals surface area contributed by atoms with E-state index < -0.39 is 0 Å². The summed E-state index contributed by atoms with van der Waals surface area (Å²) in [7, 11) is 0. The average Bonchev–Trinajstić information content (AvgIpc) is 2.77. The van der Waals surface area contributed by atoms with Crippen molar-refractivity contribution < 1.29 is 4.79 Å². The van der Waals surface area contributed by atoms with E-state index in [2.05, 4.69) is 17.1 Å². The van der Waals surface area contributed by atoms with E-state index in [4.69, 9.17) is 5.73 Å². The van der Waals surface area contributed by atoms with E-state index in [9.17, 15) is 4.79 Å². The van der Waals surface area contributed by atoms with Crippen molar-refractivity contribution in [2.75, 3.05) is 0 Å². The van der Waals surface area contributed by atoms with Gasteiger partial charge in [-0.05, 0) is 30.2 Å². The van der Waals surface area contributed by atoms with Gasteiger partial charge >= 0.3 is 0 Å². The molecule has 0 aliphatic heterocycles. The fraction of sp³-hybridized carbons (Fsp3) is 0.118. The summed E-state index contributed by atoms with van der Waals surface area (Å²) < 4.78 is 0. The van der Waals surface area contributed by atoms with Crippen LogP contribution in [-0.2, 0) is 11.2 Å². The van der Waals surface area contributed by atoms with E-state index in [1.54, 1.807) is 0 Å². The number of nitrogens with one attached hydrogen (secondary N) is 1. The summed E-state index contributed by atoms with van der Waals surface area (Å²) in [5.74, 6) is -0.315. The number of nitrogens with two attached hydrogens (primary N) is 1. The SMILES string of the molecule is Cc1ccc2[nH]c(-c3ccccc3)c(CC(N)=O)c2c1. The Morgan fingerprint density at radius 1 is 1.15 bits per heavy atom. The zero-order valence-electron chi connectivity index (χ0n) is 11.3. The molecule has 0 radical (unpaired) electrons. The third-order valence-corrected chi connectivity index (χ3v) is 3.48. The van der Waals surface area contributed by atoms with Crippen molar-refractivity contribution in [1.29, 1.82) is 0 Å². The molecule has 3 heteroatoms. The van der Waals surface area contributed by atoms with Crippen LogP contribution in [0.2, 0.25) is 0 Å². The molecule has 0 aliphatic rings. The fourth-order valence-electron chi connectivity index (χ4n) is 2.57. The minimum Gasteiger partial charge on any atom is -0.369 e. The molecule has 3 N–H and O–H groups in total. The van der Waals surface area contributed by atoms with Crippen LogP contribution >= 0.6 is 0 Å². The first-order valence-corrected chi connectivity index (χ1v) is 6.60. The Morgan fingerprint density at radius 3 is 2.60 bits per heavy atom. The van der Waals surface area contributed by atoms with Crippen LogP contribution in [0.25, 0.3) is 22.2 Å². The molecule has 1 aromatic heterocycles. The smallest absolute Gasteiger partial charge is 0.221 e. The van der Waals surface area contributed by atoms with Crippen molar-refractivity contribution in [3.8, 4) is 11.3 Å². The number of benzene rings is 2. The number of fused-ring (bicyclic) bond motifs is 1. The topological polar surface area (TPSA) is 58.9 Å². The van der Waals surface area contributed by atoms with Gasteiger partial charge in [0.1, 0.15) is 0 Å². The molecule has 0 aliphatic carbocycles. The second kappa shape index (κ2) is 4.85. The summed E-state index contributed by atoms with van der Waals surface area (Å²) in [6, 6.07) is 16.2. The van der Waals surface area contributed by atoms with Gasteiger partial charge in [-0.25, -0.2) is 0 Å². The molecule has 3 rings (SSSR count). The number of aryl methyl sites for hydroxylation is 1. The molecule has 0 saturated carbocycles. The molecule has 0 unspecified atom stereocenters. The van der Waals surface area contributed by atoms with Crippen LogP contribution in [0.4, 0.5) is 0 Å². The van der Waals surface area contributed by atoms with Crippen molar-refractivity contribution in [1.82, 2.24) is 4.98 Å². The zero-order valence-corrected chi connectivity index (χ0v) is 11.3. The second-order valence-electron chi connectivity index (χ2n) is 5.04. The van der Waals surface area contributed by atoms with Crippen molar-refractivity contribution >= 4 is 16.8 Å². The molecule has 3 aromatic rings. The van der Waals surface area contributed by atoms with Gasteiger partial charge in [0.15, 0.2) is 0 Å². The summed E-state index contributed by atoms with van der Waals surface area (Å²) >= 11 is 0. The highest BCUT2D eigenvalue weighted by molar-refractivity contribution is 5.95. The summed E-state index contributed by atoms with van der Waals surface area (Å²) in [4.78, 5) is 14.8.